The molecule has 1 rings (SSSR count). The molecule has 0 saturated heterocycles. The molecule has 0 spiro atoms. The number of hydrogen-bond acceptors (Lipinski definition) is 4. The summed E-state index contributed by atoms with van der Waals surface area (Å²) in [5, 5.41) is 0.421. The molecule has 1 aromatic carbocycles. The lowest BCUT2D eigenvalue weighted by Crippen LogP contribution is -2.43. The van der Waals surface area contributed by atoms with Crippen molar-refractivity contribution < 1.29 is 18.3 Å². The molecule has 216 valence electrons. The molecule has 6 heteroatoms. The van der Waals surface area contributed by atoms with Gasteiger partial charge in [-0.05, 0) is 92.1 Å². The van der Waals surface area contributed by atoms with Crippen LogP contribution in [0.15, 0.2) is 36.4 Å². The summed E-state index contributed by atoms with van der Waals surface area (Å²) in [6.07, 6.45) is 9.10. The second-order valence-corrected chi connectivity index (χ2v) is 22.8. The van der Waals surface area contributed by atoms with Gasteiger partial charge in [-0.15, -0.1) is 0 Å². The molecule has 0 aliphatic heterocycles. The van der Waals surface area contributed by atoms with Crippen LogP contribution in [0.2, 0.25) is 36.3 Å². The summed E-state index contributed by atoms with van der Waals surface area (Å²) in [5.74, 6) is 7.54. The maximum absolute atomic E-state index is 6.68. The van der Waals surface area contributed by atoms with E-state index in [1.165, 1.54) is 0 Å². The van der Waals surface area contributed by atoms with E-state index >= 15 is 0 Å². The predicted molar refractivity (Wildman–Crippen MR) is 168 cm³/mol. The normalized spacial score (nSPS) is 13.9. The highest BCUT2D eigenvalue weighted by molar-refractivity contribution is 6.74. The van der Waals surface area contributed by atoms with E-state index in [0.717, 1.165) is 56.6 Å². The molecule has 1 atom stereocenters. The van der Waals surface area contributed by atoms with Gasteiger partial charge in [-0.1, -0.05) is 71.6 Å². The van der Waals surface area contributed by atoms with Crippen LogP contribution in [0.5, 0.6) is 5.75 Å². The highest BCUT2D eigenvalue weighted by atomic mass is 28.4. The van der Waals surface area contributed by atoms with Gasteiger partial charge in [-0.2, -0.15) is 0 Å². The van der Waals surface area contributed by atoms with Crippen LogP contribution in [-0.2, 0) is 20.2 Å². The van der Waals surface area contributed by atoms with Crippen LogP contribution in [0, 0.1) is 11.8 Å². The molecule has 4 nitrogen and oxygen atoms in total. The average Bonchev–Trinajstić information content (AvgIpc) is 2.81. The quantitative estimate of drug-likeness (QED) is 0.122. The van der Waals surface area contributed by atoms with Crippen LogP contribution in [0.1, 0.15) is 79.2 Å². The van der Waals surface area contributed by atoms with Crippen molar-refractivity contribution in [2.75, 3.05) is 20.3 Å². The molecule has 38 heavy (non-hydrogen) atoms. The molecule has 0 aromatic heterocycles. The molecule has 0 radical (unpaired) electrons. The van der Waals surface area contributed by atoms with E-state index in [9.17, 15) is 0 Å². The number of methoxy groups -OCH3 is 1. The summed E-state index contributed by atoms with van der Waals surface area (Å²) < 4.78 is 24.0. The molecule has 1 aromatic rings. The van der Waals surface area contributed by atoms with Crippen molar-refractivity contribution in [3.8, 4) is 17.6 Å². The Morgan fingerprint density at radius 1 is 0.842 bits per heavy atom. The number of allylic oxidation sites excluding steroid dienone is 2. The molecule has 0 aliphatic rings. The van der Waals surface area contributed by atoms with Gasteiger partial charge in [0.25, 0.3) is 0 Å². The number of ether oxygens (including phenoxy) is 2. The largest absolute Gasteiger partial charge is 0.497 e. The highest BCUT2D eigenvalue weighted by Crippen LogP contribution is 2.38. The molecule has 0 heterocycles. The van der Waals surface area contributed by atoms with Gasteiger partial charge in [0.1, 0.15) is 11.9 Å². The van der Waals surface area contributed by atoms with E-state index in [2.05, 4.69) is 85.6 Å². The second-order valence-electron chi connectivity index (χ2n) is 13.2. The molecular weight excluding hydrogens is 505 g/mol. The Balaban J connectivity index is 2.51. The lowest BCUT2D eigenvalue weighted by molar-refractivity contribution is 0.114. The monoisotopic (exact) mass is 560 g/mol. The standard InChI is InChI=1S/C32H56O4Si2/c1-31(2,3)37(8,9)35-26-17-14-12-13-15-19-30(36-38(10,11)32(4,5)6)20-16-18-25-34-27-28-21-23-29(33-7)24-22-28/h12-13,21-24,30H,14,16-18,20,25-27H2,1-11H3/b13-12+/t30-/m0/s1. The Kier molecular flexibility index (Phi) is 14.6. The number of hydrogen-bond donors (Lipinski definition) is 0. The average molecular weight is 561 g/mol. The van der Waals surface area contributed by atoms with Crippen molar-refractivity contribution in [2.45, 2.75) is 123 Å². The number of unbranched alkanes of at least 4 members (excludes halogenated alkanes) is 2. The van der Waals surface area contributed by atoms with E-state index in [4.69, 9.17) is 18.3 Å². The maximum atomic E-state index is 6.68. The van der Waals surface area contributed by atoms with Gasteiger partial charge >= 0.3 is 0 Å². The van der Waals surface area contributed by atoms with Gasteiger partial charge in [0.05, 0.1) is 13.7 Å². The minimum atomic E-state index is -1.90. The fourth-order valence-electron chi connectivity index (χ4n) is 3.17. The topological polar surface area (TPSA) is 36.9 Å². The third-order valence-corrected chi connectivity index (χ3v) is 16.9. The first-order chi connectivity index (χ1) is 17.6. The van der Waals surface area contributed by atoms with Crippen molar-refractivity contribution in [3.05, 3.63) is 42.0 Å². The Morgan fingerprint density at radius 3 is 2.05 bits per heavy atom. The van der Waals surface area contributed by atoms with E-state index < -0.39 is 16.6 Å². The number of rotatable bonds is 15. The van der Waals surface area contributed by atoms with Crippen LogP contribution in [0.3, 0.4) is 0 Å². The fourth-order valence-corrected chi connectivity index (χ4v) is 5.50. The van der Waals surface area contributed by atoms with E-state index in [1.54, 1.807) is 7.11 Å². The first kappa shape index (κ1) is 34.7. The Morgan fingerprint density at radius 2 is 1.47 bits per heavy atom. The van der Waals surface area contributed by atoms with Crippen molar-refractivity contribution in [1.82, 2.24) is 0 Å². The summed E-state index contributed by atoms with van der Waals surface area (Å²) >= 11 is 0. The lowest BCUT2D eigenvalue weighted by atomic mass is 10.1. The van der Waals surface area contributed by atoms with E-state index in [-0.39, 0.29) is 16.2 Å². The molecule has 0 fully saturated rings. The van der Waals surface area contributed by atoms with Gasteiger partial charge in [-0.25, -0.2) is 0 Å². The van der Waals surface area contributed by atoms with Crippen LogP contribution in [0.4, 0.5) is 0 Å². The minimum absolute atomic E-state index is 0.0379. The van der Waals surface area contributed by atoms with Gasteiger partial charge in [0.2, 0.25) is 0 Å². The zero-order valence-corrected chi connectivity index (χ0v) is 28.3. The minimum Gasteiger partial charge on any atom is -0.497 e. The third-order valence-electron chi connectivity index (χ3n) is 7.91. The summed E-state index contributed by atoms with van der Waals surface area (Å²) in [4.78, 5) is 0. The zero-order chi connectivity index (χ0) is 28.9. The van der Waals surface area contributed by atoms with Gasteiger partial charge < -0.3 is 18.3 Å². The highest BCUT2D eigenvalue weighted by Gasteiger charge is 2.39. The maximum Gasteiger partial charge on any atom is 0.193 e. The van der Waals surface area contributed by atoms with Crippen molar-refractivity contribution in [2.24, 2.45) is 0 Å². The third kappa shape index (κ3) is 13.1. The van der Waals surface area contributed by atoms with E-state index in [0.29, 0.717) is 6.61 Å². The first-order valence-electron chi connectivity index (χ1n) is 14.3. The SMILES string of the molecule is COc1ccc(COCCCC[C@H](C#C/C=C/CCCO[Si](C)(C)C(C)(C)C)O[Si](C)(C)C(C)(C)C)cc1. The Labute approximate surface area is 237 Å². The second kappa shape index (κ2) is 16.0. The smallest absolute Gasteiger partial charge is 0.193 e. The molecule has 0 N–H and O–H groups in total. The van der Waals surface area contributed by atoms with Crippen molar-refractivity contribution >= 4 is 16.6 Å². The Bertz CT molecular complexity index is 881. The Hall–Kier alpha value is -1.37. The van der Waals surface area contributed by atoms with Crippen molar-refractivity contribution in [1.29, 1.82) is 0 Å². The van der Waals surface area contributed by atoms with Gasteiger partial charge in [0.15, 0.2) is 16.6 Å². The van der Waals surface area contributed by atoms with Crippen LogP contribution < -0.4 is 4.74 Å². The molecule has 0 saturated carbocycles. The molecule has 0 bridgehead atoms. The number of benzene rings is 1. The molecule has 0 amide bonds. The van der Waals surface area contributed by atoms with Crippen LogP contribution in [-0.4, -0.2) is 43.1 Å². The van der Waals surface area contributed by atoms with Crippen LogP contribution in [0.25, 0.3) is 0 Å². The predicted octanol–water partition coefficient (Wildman–Crippen LogP) is 9.13. The van der Waals surface area contributed by atoms with E-state index in [1.807, 2.05) is 30.3 Å². The van der Waals surface area contributed by atoms with Gasteiger partial charge in [0, 0.05) is 13.2 Å². The lowest BCUT2D eigenvalue weighted by Gasteiger charge is -2.38. The summed E-state index contributed by atoms with van der Waals surface area (Å²) in [6, 6.07) is 8.04. The fraction of sp³-hybridized carbons (Fsp3) is 0.688. The molecule has 0 unspecified atom stereocenters. The van der Waals surface area contributed by atoms with Crippen LogP contribution >= 0.6 is 0 Å². The van der Waals surface area contributed by atoms with Crippen molar-refractivity contribution in [3.63, 3.8) is 0 Å². The molecular formula is C32H56O4Si2. The zero-order valence-electron chi connectivity index (χ0n) is 26.3. The summed E-state index contributed by atoms with van der Waals surface area (Å²) in [6.45, 7) is 25.1. The summed E-state index contributed by atoms with van der Waals surface area (Å²) in [7, 11) is -1.87. The first-order valence-corrected chi connectivity index (χ1v) is 20.1. The molecule has 0 aliphatic carbocycles. The van der Waals surface area contributed by atoms with Gasteiger partial charge in [-0.3, -0.25) is 0 Å². The summed E-state index contributed by atoms with van der Waals surface area (Å²) in [5.41, 5.74) is 1.16.